The summed E-state index contributed by atoms with van der Waals surface area (Å²) in [5.41, 5.74) is 0. The standard InChI is InChI=1S/C13H25N3O/c1-11-5-3-6-12(14-11)13(17)16-8-4-7-15(2)9-10-16/h11-12,14H,3-10H2,1-2H3. The number of likely N-dealkylation sites (N-methyl/N-ethyl adjacent to an activating group) is 1. The number of amides is 1. The zero-order valence-corrected chi connectivity index (χ0v) is 11.1. The van der Waals surface area contributed by atoms with Gasteiger partial charge in [0.25, 0.3) is 0 Å². The first-order chi connectivity index (χ1) is 8.16. The number of carbonyl (C=O) groups excluding carboxylic acids is 1. The van der Waals surface area contributed by atoms with E-state index in [0.717, 1.165) is 39.0 Å². The summed E-state index contributed by atoms with van der Waals surface area (Å²) in [6, 6.07) is 0.564. The first-order valence-corrected chi connectivity index (χ1v) is 6.90. The second-order valence-corrected chi connectivity index (χ2v) is 5.53. The minimum atomic E-state index is 0.0714. The monoisotopic (exact) mass is 239 g/mol. The van der Waals surface area contributed by atoms with Crippen molar-refractivity contribution in [2.45, 2.75) is 44.7 Å². The highest BCUT2D eigenvalue weighted by molar-refractivity contribution is 5.82. The molecule has 0 aromatic carbocycles. The van der Waals surface area contributed by atoms with E-state index in [1.807, 2.05) is 0 Å². The molecule has 2 atom stereocenters. The van der Waals surface area contributed by atoms with Gasteiger partial charge in [0.2, 0.25) is 5.91 Å². The predicted molar refractivity (Wildman–Crippen MR) is 68.9 cm³/mol. The lowest BCUT2D eigenvalue weighted by atomic mass is 9.98. The Bertz CT molecular complexity index is 269. The molecule has 2 saturated heterocycles. The molecule has 4 heteroatoms. The quantitative estimate of drug-likeness (QED) is 0.731. The lowest BCUT2D eigenvalue weighted by Crippen LogP contribution is -2.52. The van der Waals surface area contributed by atoms with Crippen LogP contribution in [-0.2, 0) is 4.79 Å². The zero-order chi connectivity index (χ0) is 12.3. The normalized spacial score (nSPS) is 32.2. The fraction of sp³-hybridized carbons (Fsp3) is 0.923. The van der Waals surface area contributed by atoms with Gasteiger partial charge in [-0.1, -0.05) is 0 Å². The molecule has 0 bridgehead atoms. The van der Waals surface area contributed by atoms with Gasteiger partial charge in [-0.2, -0.15) is 0 Å². The van der Waals surface area contributed by atoms with Crippen LogP contribution in [0.3, 0.4) is 0 Å². The van der Waals surface area contributed by atoms with Crippen LogP contribution >= 0.6 is 0 Å². The number of nitrogens with one attached hydrogen (secondary N) is 1. The van der Waals surface area contributed by atoms with Crippen molar-refractivity contribution >= 4 is 5.91 Å². The molecule has 0 saturated carbocycles. The fourth-order valence-corrected chi connectivity index (χ4v) is 2.82. The van der Waals surface area contributed by atoms with Crippen LogP contribution in [0.5, 0.6) is 0 Å². The van der Waals surface area contributed by atoms with Gasteiger partial charge < -0.3 is 15.1 Å². The molecule has 0 aromatic heterocycles. The zero-order valence-electron chi connectivity index (χ0n) is 11.1. The van der Waals surface area contributed by atoms with Crippen molar-refractivity contribution in [3.63, 3.8) is 0 Å². The summed E-state index contributed by atoms with van der Waals surface area (Å²) in [5.74, 6) is 0.326. The molecular formula is C13H25N3O. The molecule has 2 heterocycles. The van der Waals surface area contributed by atoms with Gasteiger partial charge in [-0.05, 0) is 46.2 Å². The molecule has 2 aliphatic rings. The Morgan fingerprint density at radius 1 is 1.12 bits per heavy atom. The van der Waals surface area contributed by atoms with E-state index >= 15 is 0 Å². The number of piperidine rings is 1. The summed E-state index contributed by atoms with van der Waals surface area (Å²) < 4.78 is 0. The molecule has 17 heavy (non-hydrogen) atoms. The lowest BCUT2D eigenvalue weighted by Gasteiger charge is -2.32. The van der Waals surface area contributed by atoms with Gasteiger partial charge in [-0.15, -0.1) is 0 Å². The van der Waals surface area contributed by atoms with Gasteiger partial charge in [-0.25, -0.2) is 0 Å². The molecule has 2 aliphatic heterocycles. The summed E-state index contributed by atoms with van der Waals surface area (Å²) in [7, 11) is 2.13. The molecule has 2 rings (SSSR count). The van der Waals surface area contributed by atoms with Crippen LogP contribution in [0.4, 0.5) is 0 Å². The first-order valence-electron chi connectivity index (χ1n) is 6.90. The number of hydrogen-bond donors (Lipinski definition) is 1. The van der Waals surface area contributed by atoms with Crippen LogP contribution in [0.15, 0.2) is 0 Å². The highest BCUT2D eigenvalue weighted by Gasteiger charge is 2.28. The minimum absolute atomic E-state index is 0.0714. The van der Waals surface area contributed by atoms with Crippen molar-refractivity contribution in [2.24, 2.45) is 0 Å². The van der Waals surface area contributed by atoms with E-state index in [4.69, 9.17) is 0 Å². The minimum Gasteiger partial charge on any atom is -0.340 e. The van der Waals surface area contributed by atoms with E-state index in [0.29, 0.717) is 11.9 Å². The van der Waals surface area contributed by atoms with Crippen LogP contribution < -0.4 is 5.32 Å². The molecule has 0 aliphatic carbocycles. The third-order valence-corrected chi connectivity index (χ3v) is 3.94. The van der Waals surface area contributed by atoms with E-state index in [2.05, 4.69) is 29.1 Å². The Morgan fingerprint density at radius 3 is 2.71 bits per heavy atom. The molecule has 4 nitrogen and oxygen atoms in total. The summed E-state index contributed by atoms with van der Waals surface area (Å²) in [6.07, 6.45) is 4.49. The summed E-state index contributed by atoms with van der Waals surface area (Å²) >= 11 is 0. The molecular weight excluding hydrogens is 214 g/mol. The van der Waals surface area contributed by atoms with Crippen molar-refractivity contribution in [3.05, 3.63) is 0 Å². The van der Waals surface area contributed by atoms with E-state index in [1.54, 1.807) is 0 Å². The van der Waals surface area contributed by atoms with Crippen LogP contribution in [0.1, 0.15) is 32.6 Å². The van der Waals surface area contributed by atoms with E-state index in [-0.39, 0.29) is 6.04 Å². The maximum atomic E-state index is 12.4. The summed E-state index contributed by atoms with van der Waals surface area (Å²) in [4.78, 5) is 16.8. The van der Waals surface area contributed by atoms with Crippen LogP contribution in [0.25, 0.3) is 0 Å². The van der Waals surface area contributed by atoms with Crippen molar-refractivity contribution in [2.75, 3.05) is 33.2 Å². The molecule has 1 N–H and O–H groups in total. The van der Waals surface area contributed by atoms with Gasteiger partial charge in [-0.3, -0.25) is 4.79 Å². The third kappa shape index (κ3) is 3.42. The molecule has 98 valence electrons. The van der Waals surface area contributed by atoms with Gasteiger partial charge in [0.15, 0.2) is 0 Å². The largest absolute Gasteiger partial charge is 0.340 e. The highest BCUT2D eigenvalue weighted by atomic mass is 16.2. The molecule has 0 radical (unpaired) electrons. The SMILES string of the molecule is CC1CCCC(C(=O)N2CCCN(C)CC2)N1. The maximum absolute atomic E-state index is 12.4. The fourth-order valence-electron chi connectivity index (χ4n) is 2.82. The van der Waals surface area contributed by atoms with Crippen molar-refractivity contribution < 1.29 is 4.79 Å². The average Bonchev–Trinajstić information content (AvgIpc) is 2.53. The number of nitrogens with zero attached hydrogens (tertiary/aromatic N) is 2. The van der Waals surface area contributed by atoms with Crippen molar-refractivity contribution in [1.29, 1.82) is 0 Å². The highest BCUT2D eigenvalue weighted by Crippen LogP contribution is 2.15. The molecule has 0 aromatic rings. The van der Waals surface area contributed by atoms with Gasteiger partial charge in [0.05, 0.1) is 6.04 Å². The molecule has 2 unspecified atom stereocenters. The summed E-state index contributed by atoms with van der Waals surface area (Å²) in [6.45, 7) is 6.11. The van der Waals surface area contributed by atoms with Crippen LogP contribution in [-0.4, -0.2) is 61.0 Å². The van der Waals surface area contributed by atoms with Gasteiger partial charge >= 0.3 is 0 Å². The first kappa shape index (κ1) is 12.8. The van der Waals surface area contributed by atoms with Crippen LogP contribution in [0, 0.1) is 0 Å². The van der Waals surface area contributed by atoms with Gasteiger partial charge in [0, 0.05) is 25.7 Å². The summed E-state index contributed by atoms with van der Waals surface area (Å²) in [5, 5.41) is 3.44. The number of hydrogen-bond acceptors (Lipinski definition) is 3. The Hall–Kier alpha value is -0.610. The second kappa shape index (κ2) is 5.83. The number of carbonyl (C=O) groups is 1. The Labute approximate surface area is 104 Å². The van der Waals surface area contributed by atoms with E-state index in [1.165, 1.54) is 12.8 Å². The molecule has 1 amide bonds. The Kier molecular flexibility index (Phi) is 4.40. The molecule has 0 spiro atoms. The maximum Gasteiger partial charge on any atom is 0.239 e. The lowest BCUT2D eigenvalue weighted by molar-refractivity contribution is -0.134. The van der Waals surface area contributed by atoms with Crippen molar-refractivity contribution in [3.8, 4) is 0 Å². The predicted octanol–water partition coefficient (Wildman–Crippen LogP) is 0.681. The topological polar surface area (TPSA) is 35.6 Å². The smallest absolute Gasteiger partial charge is 0.239 e. The number of rotatable bonds is 1. The third-order valence-electron chi connectivity index (χ3n) is 3.94. The van der Waals surface area contributed by atoms with E-state index < -0.39 is 0 Å². The van der Waals surface area contributed by atoms with E-state index in [9.17, 15) is 4.79 Å². The van der Waals surface area contributed by atoms with Crippen molar-refractivity contribution in [1.82, 2.24) is 15.1 Å². The average molecular weight is 239 g/mol. The molecule has 2 fully saturated rings. The van der Waals surface area contributed by atoms with Gasteiger partial charge in [0.1, 0.15) is 0 Å². The second-order valence-electron chi connectivity index (χ2n) is 5.53. The Balaban J connectivity index is 1.89. The Morgan fingerprint density at radius 2 is 1.94 bits per heavy atom. The van der Waals surface area contributed by atoms with Crippen LogP contribution in [0.2, 0.25) is 0 Å².